The maximum atomic E-state index is 12.4. The molecule has 5 nitrogen and oxygen atoms in total. The minimum atomic E-state index is -0.241. The first-order valence-corrected chi connectivity index (χ1v) is 9.35. The number of anilines is 1. The van der Waals surface area contributed by atoms with E-state index in [-0.39, 0.29) is 11.2 Å². The van der Waals surface area contributed by atoms with Crippen molar-refractivity contribution in [2.45, 2.75) is 17.1 Å². The number of fused-ring (bicyclic) bond motifs is 1. The van der Waals surface area contributed by atoms with Crippen molar-refractivity contribution in [3.8, 4) is 11.5 Å². The van der Waals surface area contributed by atoms with E-state index in [1.165, 1.54) is 23.1 Å². The van der Waals surface area contributed by atoms with E-state index in [1.807, 2.05) is 49.4 Å². The van der Waals surface area contributed by atoms with E-state index in [0.29, 0.717) is 5.13 Å². The third-order valence-electron chi connectivity index (χ3n) is 3.57. The van der Waals surface area contributed by atoms with Crippen molar-refractivity contribution in [1.29, 1.82) is 0 Å². The van der Waals surface area contributed by atoms with Gasteiger partial charge in [0.2, 0.25) is 5.91 Å². The van der Waals surface area contributed by atoms with Gasteiger partial charge in [0.05, 0.1) is 29.7 Å². The lowest BCUT2D eigenvalue weighted by Gasteiger charge is -2.10. The average Bonchev–Trinajstić information content (AvgIpc) is 3.03. The number of aromatic nitrogens is 1. The van der Waals surface area contributed by atoms with Crippen molar-refractivity contribution in [2.24, 2.45) is 0 Å². The van der Waals surface area contributed by atoms with Crippen LogP contribution < -0.4 is 14.8 Å². The number of ether oxygens (including phenoxy) is 2. The van der Waals surface area contributed by atoms with E-state index in [4.69, 9.17) is 9.47 Å². The molecule has 7 heteroatoms. The molecule has 25 heavy (non-hydrogen) atoms. The Balaban J connectivity index is 1.66. The first-order valence-electron chi connectivity index (χ1n) is 7.65. The second kappa shape index (κ2) is 7.76. The van der Waals surface area contributed by atoms with Gasteiger partial charge in [-0.1, -0.05) is 11.3 Å². The number of rotatable bonds is 6. The van der Waals surface area contributed by atoms with Gasteiger partial charge in [0.25, 0.3) is 0 Å². The van der Waals surface area contributed by atoms with Gasteiger partial charge in [0.15, 0.2) is 5.13 Å². The summed E-state index contributed by atoms with van der Waals surface area (Å²) in [7, 11) is 3.26. The molecular weight excluding hydrogens is 356 g/mol. The van der Waals surface area contributed by atoms with Crippen LogP contribution in [0.15, 0.2) is 47.4 Å². The molecule has 0 saturated carbocycles. The molecule has 0 aliphatic rings. The summed E-state index contributed by atoms with van der Waals surface area (Å²) in [4.78, 5) is 17.9. The van der Waals surface area contributed by atoms with Crippen LogP contribution in [0.4, 0.5) is 5.13 Å². The van der Waals surface area contributed by atoms with Crippen molar-refractivity contribution >= 4 is 44.4 Å². The molecule has 0 radical (unpaired) electrons. The molecule has 0 aliphatic carbocycles. The fourth-order valence-corrected chi connectivity index (χ4v) is 3.97. The average molecular weight is 374 g/mol. The molecule has 1 aromatic heterocycles. The van der Waals surface area contributed by atoms with E-state index in [9.17, 15) is 4.79 Å². The van der Waals surface area contributed by atoms with E-state index in [2.05, 4.69) is 10.3 Å². The van der Waals surface area contributed by atoms with Crippen LogP contribution in [-0.4, -0.2) is 30.4 Å². The lowest BCUT2D eigenvalue weighted by Crippen LogP contribution is -2.22. The fourth-order valence-electron chi connectivity index (χ4n) is 2.20. The Labute approximate surface area is 154 Å². The van der Waals surface area contributed by atoms with Crippen molar-refractivity contribution in [2.75, 3.05) is 19.5 Å². The van der Waals surface area contributed by atoms with Gasteiger partial charge in [-0.15, -0.1) is 11.8 Å². The molecule has 0 saturated heterocycles. The number of nitrogens with zero attached hydrogens (tertiary/aromatic N) is 1. The molecule has 2 aromatic carbocycles. The molecule has 1 unspecified atom stereocenters. The van der Waals surface area contributed by atoms with Crippen molar-refractivity contribution in [3.05, 3.63) is 42.5 Å². The Hall–Kier alpha value is -2.25. The standard InChI is InChI=1S/C18H18N2O3S2/c1-11(24-14-7-4-12(22-2)5-8-14)17(21)20-18-19-15-9-6-13(23-3)10-16(15)25-18/h4-11H,1-3H3,(H,19,20,21). The summed E-state index contributed by atoms with van der Waals surface area (Å²) in [5.41, 5.74) is 0.844. The highest BCUT2D eigenvalue weighted by molar-refractivity contribution is 8.00. The summed E-state index contributed by atoms with van der Waals surface area (Å²) in [5, 5.41) is 3.25. The zero-order valence-electron chi connectivity index (χ0n) is 14.1. The first kappa shape index (κ1) is 17.6. The maximum absolute atomic E-state index is 12.4. The number of carbonyl (C=O) groups excluding carboxylic acids is 1. The number of thiazole rings is 1. The minimum Gasteiger partial charge on any atom is -0.497 e. The quantitative estimate of drug-likeness (QED) is 0.647. The smallest absolute Gasteiger partial charge is 0.239 e. The Kier molecular flexibility index (Phi) is 5.45. The Morgan fingerprint density at radius 2 is 1.80 bits per heavy atom. The third-order valence-corrected chi connectivity index (χ3v) is 5.61. The summed E-state index contributed by atoms with van der Waals surface area (Å²) < 4.78 is 11.3. The number of carbonyl (C=O) groups is 1. The van der Waals surface area contributed by atoms with Gasteiger partial charge < -0.3 is 14.8 Å². The van der Waals surface area contributed by atoms with Crippen LogP contribution >= 0.6 is 23.1 Å². The highest BCUT2D eigenvalue weighted by Crippen LogP contribution is 2.30. The summed E-state index contributed by atoms with van der Waals surface area (Å²) in [6.07, 6.45) is 0. The van der Waals surface area contributed by atoms with E-state index >= 15 is 0 Å². The molecule has 0 aliphatic heterocycles. The molecule has 1 amide bonds. The van der Waals surface area contributed by atoms with E-state index in [1.54, 1.807) is 14.2 Å². The first-order chi connectivity index (χ1) is 12.1. The summed E-state index contributed by atoms with van der Waals surface area (Å²) in [6.45, 7) is 1.88. The topological polar surface area (TPSA) is 60.5 Å². The second-order valence-electron chi connectivity index (χ2n) is 5.28. The minimum absolute atomic E-state index is 0.0770. The van der Waals surface area contributed by atoms with Crippen LogP contribution in [-0.2, 0) is 4.79 Å². The van der Waals surface area contributed by atoms with Gasteiger partial charge in [0.1, 0.15) is 11.5 Å². The number of hydrogen-bond donors (Lipinski definition) is 1. The predicted molar refractivity (Wildman–Crippen MR) is 103 cm³/mol. The number of hydrogen-bond acceptors (Lipinski definition) is 6. The van der Waals surface area contributed by atoms with Crippen LogP contribution in [0.25, 0.3) is 10.2 Å². The van der Waals surface area contributed by atoms with Crippen LogP contribution in [0.2, 0.25) is 0 Å². The molecule has 3 aromatic rings. The highest BCUT2D eigenvalue weighted by atomic mass is 32.2. The zero-order chi connectivity index (χ0) is 17.8. The Morgan fingerprint density at radius 3 is 2.48 bits per heavy atom. The lowest BCUT2D eigenvalue weighted by atomic mass is 10.3. The van der Waals surface area contributed by atoms with Crippen LogP contribution in [0, 0.1) is 0 Å². The predicted octanol–water partition coefficient (Wildman–Crippen LogP) is 4.43. The largest absolute Gasteiger partial charge is 0.497 e. The van der Waals surface area contributed by atoms with Gasteiger partial charge in [0, 0.05) is 4.90 Å². The molecule has 1 heterocycles. The number of nitrogens with one attached hydrogen (secondary N) is 1. The molecule has 0 bridgehead atoms. The maximum Gasteiger partial charge on any atom is 0.239 e. The van der Waals surface area contributed by atoms with Gasteiger partial charge in [-0.25, -0.2) is 4.98 Å². The fraction of sp³-hybridized carbons (Fsp3) is 0.222. The summed E-state index contributed by atoms with van der Waals surface area (Å²) in [5.74, 6) is 1.50. The number of methoxy groups -OCH3 is 2. The van der Waals surface area contributed by atoms with E-state index < -0.39 is 0 Å². The SMILES string of the molecule is COc1ccc(SC(C)C(=O)Nc2nc3ccc(OC)cc3s2)cc1. The zero-order valence-corrected chi connectivity index (χ0v) is 15.7. The van der Waals surface area contributed by atoms with Crippen LogP contribution in [0.1, 0.15) is 6.92 Å². The number of benzene rings is 2. The molecule has 0 spiro atoms. The van der Waals surface area contributed by atoms with Gasteiger partial charge in [-0.3, -0.25) is 4.79 Å². The normalized spacial score (nSPS) is 12.0. The Bertz CT molecular complexity index is 878. The summed E-state index contributed by atoms with van der Waals surface area (Å²) >= 11 is 2.93. The molecule has 3 rings (SSSR count). The lowest BCUT2D eigenvalue weighted by molar-refractivity contribution is -0.115. The van der Waals surface area contributed by atoms with Gasteiger partial charge in [-0.05, 0) is 49.4 Å². The van der Waals surface area contributed by atoms with Crippen LogP contribution in [0.5, 0.6) is 11.5 Å². The molecule has 1 atom stereocenters. The van der Waals surface area contributed by atoms with Crippen molar-refractivity contribution < 1.29 is 14.3 Å². The van der Waals surface area contributed by atoms with Crippen LogP contribution in [0.3, 0.4) is 0 Å². The molecule has 1 N–H and O–H groups in total. The molecular formula is C18H18N2O3S2. The monoisotopic (exact) mass is 374 g/mol. The number of thioether (sulfide) groups is 1. The highest BCUT2D eigenvalue weighted by Gasteiger charge is 2.16. The van der Waals surface area contributed by atoms with Gasteiger partial charge >= 0.3 is 0 Å². The molecule has 0 fully saturated rings. The third kappa shape index (κ3) is 4.24. The second-order valence-corrected chi connectivity index (χ2v) is 7.72. The Morgan fingerprint density at radius 1 is 1.12 bits per heavy atom. The number of amides is 1. The molecule has 130 valence electrons. The van der Waals surface area contributed by atoms with E-state index in [0.717, 1.165) is 26.6 Å². The summed E-state index contributed by atoms with van der Waals surface area (Å²) in [6, 6.07) is 13.3. The van der Waals surface area contributed by atoms with Crippen molar-refractivity contribution in [3.63, 3.8) is 0 Å². The van der Waals surface area contributed by atoms with Crippen molar-refractivity contribution in [1.82, 2.24) is 4.98 Å². The van der Waals surface area contributed by atoms with Gasteiger partial charge in [-0.2, -0.15) is 0 Å².